The van der Waals surface area contributed by atoms with Crippen molar-refractivity contribution in [3.05, 3.63) is 30.5 Å². The van der Waals surface area contributed by atoms with E-state index in [1.807, 2.05) is 0 Å². The molecule has 0 amide bonds. The first-order valence-corrected chi connectivity index (χ1v) is 3.68. The molecular weight excluding hydrogens is 171 g/mol. The second-order valence-corrected chi connectivity index (χ2v) is 2.53. The predicted molar refractivity (Wildman–Crippen MR) is 47.3 cm³/mol. The molecule has 66 valence electrons. The highest BCUT2D eigenvalue weighted by atomic mass is 19.1. The van der Waals surface area contributed by atoms with Crippen LogP contribution in [0.5, 0.6) is 0 Å². The summed E-state index contributed by atoms with van der Waals surface area (Å²) in [6.45, 7) is 0. The normalized spacial score (nSPS) is 10.3. The number of nitrogens with one attached hydrogen (secondary N) is 1. The van der Waals surface area contributed by atoms with E-state index in [0.717, 1.165) is 5.39 Å². The van der Waals surface area contributed by atoms with Crippen molar-refractivity contribution >= 4 is 16.6 Å². The maximum absolute atomic E-state index is 12.9. The van der Waals surface area contributed by atoms with Gasteiger partial charge in [-0.2, -0.15) is 4.39 Å². The van der Waals surface area contributed by atoms with Gasteiger partial charge in [-0.1, -0.05) is 0 Å². The van der Waals surface area contributed by atoms with Crippen LogP contribution in [0.25, 0.3) is 10.8 Å². The first-order valence-electron chi connectivity index (χ1n) is 3.68. The van der Waals surface area contributed by atoms with Crippen molar-refractivity contribution in [1.82, 2.24) is 9.97 Å². The maximum Gasteiger partial charge on any atom is 0.215 e. The number of fused-ring (bicyclic) bond motifs is 1. The molecule has 2 heterocycles. The molecule has 0 saturated carbocycles. The van der Waals surface area contributed by atoms with E-state index in [1.165, 1.54) is 6.07 Å². The highest BCUT2D eigenvalue weighted by Gasteiger charge is 2.03. The largest absolute Gasteiger partial charge is 0.308 e. The zero-order valence-corrected chi connectivity index (χ0v) is 6.66. The minimum atomic E-state index is -0.563. The number of hydrogen-bond donors (Lipinski definition) is 2. The monoisotopic (exact) mass is 178 g/mol. The third-order valence-electron chi connectivity index (χ3n) is 1.74. The van der Waals surface area contributed by atoms with Gasteiger partial charge in [-0.3, -0.25) is 4.98 Å². The van der Waals surface area contributed by atoms with Crippen molar-refractivity contribution in [2.45, 2.75) is 0 Å². The number of pyridine rings is 2. The molecular formula is C8H7FN4. The Hall–Kier alpha value is -1.75. The highest BCUT2D eigenvalue weighted by molar-refractivity contribution is 5.90. The molecule has 0 aliphatic rings. The van der Waals surface area contributed by atoms with Gasteiger partial charge in [-0.15, -0.1) is 0 Å². The van der Waals surface area contributed by atoms with Crippen LogP contribution in [-0.4, -0.2) is 9.97 Å². The van der Waals surface area contributed by atoms with Crippen LogP contribution in [0.4, 0.5) is 10.2 Å². The molecule has 4 nitrogen and oxygen atoms in total. The summed E-state index contributed by atoms with van der Waals surface area (Å²) in [7, 11) is 0. The molecule has 2 rings (SSSR count). The zero-order chi connectivity index (χ0) is 9.26. The van der Waals surface area contributed by atoms with Crippen LogP contribution in [0.3, 0.4) is 0 Å². The van der Waals surface area contributed by atoms with E-state index in [9.17, 15) is 4.39 Å². The van der Waals surface area contributed by atoms with Gasteiger partial charge in [0, 0.05) is 23.8 Å². The van der Waals surface area contributed by atoms with Crippen LogP contribution in [0.1, 0.15) is 0 Å². The Bertz CT molecular complexity index is 443. The Morgan fingerprint density at radius 1 is 1.46 bits per heavy atom. The number of halogens is 1. The van der Waals surface area contributed by atoms with Crippen LogP contribution in [0.2, 0.25) is 0 Å². The molecule has 2 aromatic heterocycles. The van der Waals surface area contributed by atoms with Gasteiger partial charge in [-0.25, -0.2) is 10.8 Å². The fourth-order valence-electron chi connectivity index (χ4n) is 1.17. The summed E-state index contributed by atoms with van der Waals surface area (Å²) in [4.78, 5) is 7.47. The van der Waals surface area contributed by atoms with Crippen molar-refractivity contribution in [3.63, 3.8) is 0 Å². The third-order valence-corrected chi connectivity index (χ3v) is 1.74. The van der Waals surface area contributed by atoms with Crippen molar-refractivity contribution in [2.24, 2.45) is 5.84 Å². The minimum absolute atomic E-state index is 0.295. The number of hydrazine groups is 1. The van der Waals surface area contributed by atoms with Gasteiger partial charge in [0.15, 0.2) is 5.82 Å². The quantitative estimate of drug-likeness (QED) is 0.389. The third kappa shape index (κ3) is 1.29. The SMILES string of the molecule is NNc1nc(F)cc2ccncc12. The number of nitrogens with zero attached hydrogens (tertiary/aromatic N) is 2. The van der Waals surface area contributed by atoms with E-state index in [-0.39, 0.29) is 0 Å². The number of anilines is 1. The molecule has 0 spiro atoms. The Morgan fingerprint density at radius 2 is 2.31 bits per heavy atom. The Balaban J connectivity index is 2.81. The second kappa shape index (κ2) is 2.95. The van der Waals surface area contributed by atoms with Crippen LogP contribution < -0.4 is 11.3 Å². The first-order chi connectivity index (χ1) is 6.31. The van der Waals surface area contributed by atoms with Gasteiger partial charge in [0.25, 0.3) is 0 Å². The maximum atomic E-state index is 12.9. The number of nitrogens with two attached hydrogens (primary N) is 1. The van der Waals surface area contributed by atoms with Crippen molar-refractivity contribution < 1.29 is 4.39 Å². The van der Waals surface area contributed by atoms with E-state index in [0.29, 0.717) is 11.2 Å². The smallest absolute Gasteiger partial charge is 0.215 e. The number of aromatic nitrogens is 2. The van der Waals surface area contributed by atoms with Gasteiger partial charge in [0.1, 0.15) is 0 Å². The minimum Gasteiger partial charge on any atom is -0.308 e. The number of nitrogen functional groups attached to an aromatic ring is 1. The van der Waals surface area contributed by atoms with Crippen LogP contribution >= 0.6 is 0 Å². The second-order valence-electron chi connectivity index (χ2n) is 2.53. The summed E-state index contributed by atoms with van der Waals surface area (Å²) in [5, 5.41) is 1.42. The molecule has 0 saturated heterocycles. The van der Waals surface area contributed by atoms with Crippen LogP contribution in [-0.2, 0) is 0 Å². The topological polar surface area (TPSA) is 63.8 Å². The molecule has 0 bridgehead atoms. The van der Waals surface area contributed by atoms with E-state index < -0.39 is 5.95 Å². The predicted octanol–water partition coefficient (Wildman–Crippen LogP) is 1.05. The molecule has 0 aromatic carbocycles. The van der Waals surface area contributed by atoms with Gasteiger partial charge in [0.2, 0.25) is 5.95 Å². The Labute approximate surface area is 73.6 Å². The highest BCUT2D eigenvalue weighted by Crippen LogP contribution is 2.19. The average molecular weight is 178 g/mol. The van der Waals surface area contributed by atoms with Gasteiger partial charge >= 0.3 is 0 Å². The fourth-order valence-corrected chi connectivity index (χ4v) is 1.17. The summed E-state index contributed by atoms with van der Waals surface area (Å²) < 4.78 is 12.9. The molecule has 0 unspecified atom stereocenters. The summed E-state index contributed by atoms with van der Waals surface area (Å²) in [5.41, 5.74) is 2.32. The summed E-state index contributed by atoms with van der Waals surface area (Å²) >= 11 is 0. The summed E-state index contributed by atoms with van der Waals surface area (Å²) in [6.07, 6.45) is 3.17. The lowest BCUT2D eigenvalue weighted by atomic mass is 10.2. The fraction of sp³-hybridized carbons (Fsp3) is 0. The average Bonchev–Trinajstić information content (AvgIpc) is 2.16. The molecule has 5 heteroatoms. The standard InChI is InChI=1S/C8H7FN4/c9-7-3-5-1-2-11-4-6(5)8(12-7)13-10/h1-4H,10H2,(H,12,13). The molecule has 0 aliphatic carbocycles. The summed E-state index contributed by atoms with van der Waals surface area (Å²) in [6, 6.07) is 3.03. The zero-order valence-electron chi connectivity index (χ0n) is 6.66. The number of rotatable bonds is 1. The van der Waals surface area contributed by atoms with Crippen molar-refractivity contribution in [2.75, 3.05) is 5.43 Å². The molecule has 3 N–H and O–H groups in total. The van der Waals surface area contributed by atoms with E-state index in [1.54, 1.807) is 18.5 Å². The lowest BCUT2D eigenvalue weighted by molar-refractivity contribution is 0.587. The van der Waals surface area contributed by atoms with Gasteiger partial charge in [-0.05, 0) is 11.5 Å². The van der Waals surface area contributed by atoms with Crippen molar-refractivity contribution in [1.29, 1.82) is 0 Å². The Kier molecular flexibility index (Phi) is 1.79. The molecule has 2 aromatic rings. The van der Waals surface area contributed by atoms with Crippen LogP contribution in [0.15, 0.2) is 24.5 Å². The van der Waals surface area contributed by atoms with Gasteiger partial charge < -0.3 is 5.43 Å². The van der Waals surface area contributed by atoms with Crippen molar-refractivity contribution in [3.8, 4) is 0 Å². The first kappa shape index (κ1) is 7.88. The Morgan fingerprint density at radius 3 is 3.08 bits per heavy atom. The molecule has 13 heavy (non-hydrogen) atoms. The van der Waals surface area contributed by atoms with Crippen LogP contribution in [0, 0.1) is 5.95 Å². The van der Waals surface area contributed by atoms with Gasteiger partial charge in [0.05, 0.1) is 0 Å². The molecule has 0 radical (unpaired) electrons. The number of hydrogen-bond acceptors (Lipinski definition) is 4. The molecule has 0 fully saturated rings. The molecule has 0 aliphatic heterocycles. The van der Waals surface area contributed by atoms with E-state index in [4.69, 9.17) is 5.84 Å². The lowest BCUT2D eigenvalue weighted by Crippen LogP contribution is -2.09. The van der Waals surface area contributed by atoms with E-state index in [2.05, 4.69) is 15.4 Å². The summed E-state index contributed by atoms with van der Waals surface area (Å²) in [5.74, 6) is 4.91. The molecule has 0 atom stereocenters. The lowest BCUT2D eigenvalue weighted by Gasteiger charge is -2.03. The van der Waals surface area contributed by atoms with E-state index >= 15 is 0 Å².